The normalized spacial score (nSPS) is 23.1. The highest BCUT2D eigenvalue weighted by Gasteiger charge is 2.47. The van der Waals surface area contributed by atoms with Crippen LogP contribution in [0.15, 0.2) is 40.1 Å². The van der Waals surface area contributed by atoms with Crippen molar-refractivity contribution in [1.82, 2.24) is 4.31 Å². The van der Waals surface area contributed by atoms with Gasteiger partial charge in [0.15, 0.2) is 0 Å². The van der Waals surface area contributed by atoms with Crippen molar-refractivity contribution < 1.29 is 23.2 Å². The van der Waals surface area contributed by atoms with Gasteiger partial charge < -0.3 is 10.2 Å². The van der Waals surface area contributed by atoms with Crippen molar-refractivity contribution in [2.24, 2.45) is 0 Å². The molecule has 0 saturated carbocycles. The number of nitrogens with zero attached hydrogens (tertiary/aromatic N) is 2. The summed E-state index contributed by atoms with van der Waals surface area (Å²) in [6.07, 6.45) is 0. The highest BCUT2D eigenvalue weighted by atomic mass is 35.5. The lowest BCUT2D eigenvalue weighted by Crippen LogP contribution is -2.43. The zero-order chi connectivity index (χ0) is 21.3. The third kappa shape index (κ3) is 4.59. The fourth-order valence-electron chi connectivity index (χ4n) is 2.90. The summed E-state index contributed by atoms with van der Waals surface area (Å²) in [5, 5.41) is 29.1. The van der Waals surface area contributed by atoms with E-state index in [0.717, 1.165) is 23.9 Å². The zero-order valence-electron chi connectivity index (χ0n) is 14.6. The van der Waals surface area contributed by atoms with Crippen LogP contribution in [0.1, 0.15) is 5.56 Å². The second kappa shape index (κ2) is 8.86. The number of hydrogen-bond acceptors (Lipinski definition) is 5. The number of nitriles is 1. The number of thioether (sulfide) groups is 1. The van der Waals surface area contributed by atoms with Crippen molar-refractivity contribution in [2.45, 2.75) is 20.6 Å². The average Bonchev–Trinajstić information content (AvgIpc) is 2.98. The average molecular weight is 479 g/mol. The molecular formula is C18H14Cl2F2N2O3S2. The Morgan fingerprint density at radius 1 is 1.31 bits per heavy atom. The molecule has 2 N–H and O–H groups in total. The monoisotopic (exact) mass is 478 g/mol. The Morgan fingerprint density at radius 3 is 2.52 bits per heavy atom. The number of hydrogen-bond donors (Lipinski definition) is 2. The molecule has 0 aliphatic carbocycles. The first-order chi connectivity index (χ1) is 13.7. The second-order valence-electron chi connectivity index (χ2n) is 6.39. The van der Waals surface area contributed by atoms with E-state index in [-0.39, 0.29) is 27.9 Å². The predicted octanol–water partition coefficient (Wildman–Crippen LogP) is 3.37. The van der Waals surface area contributed by atoms with E-state index in [1.165, 1.54) is 28.6 Å². The van der Waals surface area contributed by atoms with Gasteiger partial charge in [-0.05, 0) is 30.3 Å². The van der Waals surface area contributed by atoms with Crippen molar-refractivity contribution in [3.05, 3.63) is 57.6 Å². The van der Waals surface area contributed by atoms with Crippen LogP contribution >= 0.6 is 35.0 Å². The molecule has 1 fully saturated rings. The van der Waals surface area contributed by atoms with Gasteiger partial charge in [0.1, 0.15) is 39.9 Å². The SMILES string of the molecule is N#Cc1c(F)cc(S[C@H]2CN(S(=O)c3ccc(Cl)cc3Cl)CC2(O)CO)cc1F. The molecule has 0 aromatic heterocycles. The summed E-state index contributed by atoms with van der Waals surface area (Å²) >= 11 is 12.9. The molecule has 0 amide bonds. The fraction of sp³-hybridized carbons (Fsp3) is 0.278. The van der Waals surface area contributed by atoms with Crippen LogP contribution in [0.2, 0.25) is 10.0 Å². The molecule has 11 heteroatoms. The molecule has 1 aliphatic rings. The maximum Gasteiger partial charge on any atom is 0.145 e. The molecule has 5 nitrogen and oxygen atoms in total. The summed E-state index contributed by atoms with van der Waals surface area (Å²) in [7, 11) is -1.75. The number of benzene rings is 2. The fourth-order valence-corrected chi connectivity index (χ4v) is 6.21. The number of halogens is 4. The first kappa shape index (κ1) is 22.4. The van der Waals surface area contributed by atoms with Gasteiger partial charge in [0, 0.05) is 23.0 Å². The van der Waals surface area contributed by atoms with E-state index >= 15 is 0 Å². The zero-order valence-corrected chi connectivity index (χ0v) is 17.8. The quantitative estimate of drug-likeness (QED) is 0.687. The molecule has 154 valence electrons. The summed E-state index contributed by atoms with van der Waals surface area (Å²) in [5.74, 6) is -2.04. The molecule has 1 aliphatic heterocycles. The van der Waals surface area contributed by atoms with Crippen LogP contribution in [0, 0.1) is 23.0 Å². The van der Waals surface area contributed by atoms with E-state index in [1.807, 2.05) is 0 Å². The van der Waals surface area contributed by atoms with Crippen LogP contribution in [0.25, 0.3) is 0 Å². The third-order valence-electron chi connectivity index (χ3n) is 4.42. The second-order valence-corrected chi connectivity index (χ2v) is 9.96. The molecule has 0 radical (unpaired) electrons. The van der Waals surface area contributed by atoms with E-state index in [1.54, 1.807) is 0 Å². The molecule has 0 spiro atoms. The van der Waals surface area contributed by atoms with Crippen LogP contribution in [0.3, 0.4) is 0 Å². The molecule has 2 aromatic carbocycles. The number of β-amino-alcohol motifs (C(OH)–C–C–N with tert-alkyl or cyclic N) is 1. The molecule has 2 unspecified atom stereocenters. The Hall–Kier alpha value is -1.25. The van der Waals surface area contributed by atoms with Crippen molar-refractivity contribution in [1.29, 1.82) is 5.26 Å². The lowest BCUT2D eigenvalue weighted by Gasteiger charge is -2.26. The topological polar surface area (TPSA) is 84.6 Å². The van der Waals surface area contributed by atoms with Crippen molar-refractivity contribution >= 4 is 45.9 Å². The highest BCUT2D eigenvalue weighted by Crippen LogP contribution is 2.39. The predicted molar refractivity (Wildman–Crippen MR) is 107 cm³/mol. The van der Waals surface area contributed by atoms with Gasteiger partial charge in [0.2, 0.25) is 0 Å². The van der Waals surface area contributed by atoms with Crippen molar-refractivity contribution in [3.63, 3.8) is 0 Å². The standard InChI is InChI=1S/C18H14Cl2F2N2O3S2/c19-10-1-2-16(13(20)3-10)29(27)24-7-17(18(26,8-24)9-25)28-11-4-14(21)12(6-23)15(22)5-11/h1-5,17,25-26H,7-9H2/t17-,18?,29?/m0/s1. The molecule has 3 atom stereocenters. The van der Waals surface area contributed by atoms with E-state index in [9.17, 15) is 23.2 Å². The van der Waals surface area contributed by atoms with Crippen LogP contribution in [-0.4, -0.2) is 49.3 Å². The molecule has 3 rings (SSSR count). The summed E-state index contributed by atoms with van der Waals surface area (Å²) in [6, 6.07) is 7.89. The molecule has 1 heterocycles. The number of aliphatic hydroxyl groups excluding tert-OH is 1. The van der Waals surface area contributed by atoms with E-state index in [4.69, 9.17) is 28.5 Å². The van der Waals surface area contributed by atoms with Gasteiger partial charge in [-0.3, -0.25) is 0 Å². The Morgan fingerprint density at radius 2 is 1.97 bits per heavy atom. The van der Waals surface area contributed by atoms with Gasteiger partial charge in [-0.25, -0.2) is 17.3 Å². The molecule has 2 aromatic rings. The summed E-state index contributed by atoms with van der Waals surface area (Å²) in [4.78, 5) is 0.422. The maximum absolute atomic E-state index is 13.9. The first-order valence-corrected chi connectivity index (χ1v) is 10.9. The maximum atomic E-state index is 13.9. The molecular weight excluding hydrogens is 465 g/mol. The van der Waals surface area contributed by atoms with Crippen molar-refractivity contribution in [3.8, 4) is 6.07 Å². The molecule has 29 heavy (non-hydrogen) atoms. The van der Waals surface area contributed by atoms with Gasteiger partial charge in [-0.1, -0.05) is 23.2 Å². The molecule has 0 bridgehead atoms. The highest BCUT2D eigenvalue weighted by molar-refractivity contribution is 8.00. The summed E-state index contributed by atoms with van der Waals surface area (Å²) in [6.45, 7) is -0.738. The molecule has 1 saturated heterocycles. The van der Waals surface area contributed by atoms with Crippen LogP contribution < -0.4 is 0 Å². The van der Waals surface area contributed by atoms with E-state index < -0.39 is 45.6 Å². The van der Waals surface area contributed by atoms with Crippen LogP contribution in [0.4, 0.5) is 8.78 Å². The van der Waals surface area contributed by atoms with Gasteiger partial charge in [-0.2, -0.15) is 5.26 Å². The van der Waals surface area contributed by atoms with Gasteiger partial charge >= 0.3 is 0 Å². The van der Waals surface area contributed by atoms with E-state index in [0.29, 0.717) is 5.02 Å². The Bertz CT molecular complexity index is 998. The Labute approximate surface area is 182 Å². The third-order valence-corrected chi connectivity index (χ3v) is 7.93. The minimum atomic E-state index is -1.75. The Kier molecular flexibility index (Phi) is 6.85. The first-order valence-electron chi connectivity index (χ1n) is 8.19. The summed E-state index contributed by atoms with van der Waals surface area (Å²) in [5.41, 5.74) is -2.36. The minimum absolute atomic E-state index is 0.0521. The Balaban J connectivity index is 1.85. The van der Waals surface area contributed by atoms with E-state index in [2.05, 4.69) is 0 Å². The van der Waals surface area contributed by atoms with Crippen molar-refractivity contribution in [2.75, 3.05) is 19.7 Å². The van der Waals surface area contributed by atoms with Gasteiger partial charge in [0.25, 0.3) is 0 Å². The van der Waals surface area contributed by atoms with Crippen LogP contribution in [-0.2, 0) is 11.0 Å². The van der Waals surface area contributed by atoms with Gasteiger partial charge in [0.05, 0.1) is 21.8 Å². The number of aliphatic hydroxyl groups is 2. The van der Waals surface area contributed by atoms with Crippen LogP contribution in [0.5, 0.6) is 0 Å². The van der Waals surface area contributed by atoms with Gasteiger partial charge in [-0.15, -0.1) is 11.8 Å². The minimum Gasteiger partial charge on any atom is -0.393 e. The smallest absolute Gasteiger partial charge is 0.145 e. The summed E-state index contributed by atoms with van der Waals surface area (Å²) < 4.78 is 42.1. The lowest BCUT2D eigenvalue weighted by molar-refractivity contribution is 0.00343. The lowest BCUT2D eigenvalue weighted by atomic mass is 10.1. The number of rotatable bonds is 5. The largest absolute Gasteiger partial charge is 0.393 e.